The van der Waals surface area contributed by atoms with Gasteiger partial charge in [0.25, 0.3) is 0 Å². The Morgan fingerprint density at radius 1 is 1.36 bits per heavy atom. The van der Waals surface area contributed by atoms with E-state index >= 15 is 0 Å². The van der Waals surface area contributed by atoms with Gasteiger partial charge in [-0.25, -0.2) is 9.78 Å². The Balaban J connectivity index is 2.04. The number of carbonyl (C=O) groups is 1. The van der Waals surface area contributed by atoms with Gasteiger partial charge < -0.3 is 14.5 Å². The first-order valence-corrected chi connectivity index (χ1v) is 7.51. The third-order valence-electron chi connectivity index (χ3n) is 3.25. The lowest BCUT2D eigenvalue weighted by Gasteiger charge is -2.35. The number of pyridine rings is 1. The van der Waals surface area contributed by atoms with Crippen LogP contribution in [0.1, 0.15) is 12.5 Å². The number of alkyl halides is 3. The summed E-state index contributed by atoms with van der Waals surface area (Å²) < 4.78 is 43.1. The van der Waals surface area contributed by atoms with Gasteiger partial charge in [0.05, 0.1) is 16.6 Å². The van der Waals surface area contributed by atoms with Crippen LogP contribution in [0, 0.1) is 0 Å². The van der Waals surface area contributed by atoms with Crippen LogP contribution < -0.4 is 4.90 Å². The van der Waals surface area contributed by atoms with Gasteiger partial charge >= 0.3 is 12.3 Å². The molecule has 0 spiro atoms. The maximum atomic E-state index is 12.6. The molecule has 0 radical (unpaired) electrons. The molecule has 9 heteroatoms. The van der Waals surface area contributed by atoms with Gasteiger partial charge in [0.2, 0.25) is 0 Å². The van der Waals surface area contributed by atoms with E-state index in [0.717, 1.165) is 12.3 Å². The zero-order chi connectivity index (χ0) is 16.3. The molecular formula is C13H15BrF3N3O2. The first kappa shape index (κ1) is 16.9. The van der Waals surface area contributed by atoms with Crippen molar-refractivity contribution in [3.63, 3.8) is 0 Å². The maximum Gasteiger partial charge on any atom is 0.417 e. The van der Waals surface area contributed by atoms with E-state index in [1.807, 2.05) is 4.90 Å². The Kier molecular flexibility index (Phi) is 5.15. The lowest BCUT2D eigenvalue weighted by molar-refractivity contribution is -0.137. The minimum absolute atomic E-state index is 0.284. The van der Waals surface area contributed by atoms with Crippen molar-refractivity contribution in [2.45, 2.75) is 13.1 Å². The van der Waals surface area contributed by atoms with Gasteiger partial charge in [-0.05, 0) is 28.9 Å². The Morgan fingerprint density at radius 2 is 2.00 bits per heavy atom. The minimum Gasteiger partial charge on any atom is -0.450 e. The number of piperazine rings is 1. The van der Waals surface area contributed by atoms with E-state index in [4.69, 9.17) is 4.74 Å². The van der Waals surface area contributed by atoms with Crippen molar-refractivity contribution in [2.24, 2.45) is 0 Å². The molecule has 2 rings (SSSR count). The third-order valence-corrected chi connectivity index (χ3v) is 3.84. The summed E-state index contributed by atoms with van der Waals surface area (Å²) in [6.45, 7) is 3.88. The highest BCUT2D eigenvalue weighted by atomic mass is 79.9. The summed E-state index contributed by atoms with van der Waals surface area (Å²) in [6.07, 6.45) is -3.98. The van der Waals surface area contributed by atoms with Gasteiger partial charge in [-0.3, -0.25) is 0 Å². The number of hydrogen-bond donors (Lipinski definition) is 0. The molecule has 0 N–H and O–H groups in total. The van der Waals surface area contributed by atoms with Crippen LogP contribution >= 0.6 is 15.9 Å². The molecule has 0 atom stereocenters. The second-order valence-electron chi connectivity index (χ2n) is 4.70. The van der Waals surface area contributed by atoms with Gasteiger partial charge in [0, 0.05) is 32.4 Å². The average molecular weight is 382 g/mol. The first-order valence-electron chi connectivity index (χ1n) is 6.72. The van der Waals surface area contributed by atoms with Crippen molar-refractivity contribution >= 4 is 27.8 Å². The van der Waals surface area contributed by atoms with Crippen LogP contribution in [0.5, 0.6) is 0 Å². The predicted octanol–water partition coefficient (Wildman–Crippen LogP) is 3.14. The van der Waals surface area contributed by atoms with Crippen molar-refractivity contribution in [1.82, 2.24) is 9.88 Å². The molecule has 1 aromatic heterocycles. The van der Waals surface area contributed by atoms with Crippen LogP contribution in [0.3, 0.4) is 0 Å². The molecule has 0 unspecified atom stereocenters. The standard InChI is InChI=1S/C13H15BrF3N3O2/c1-2-22-12(21)20-5-3-19(4-6-20)11-10(14)7-9(8-18-11)13(15,16)17/h7-8H,2-6H2,1H3. The van der Waals surface area contributed by atoms with Gasteiger partial charge in [0.1, 0.15) is 5.82 Å². The number of nitrogens with zero attached hydrogens (tertiary/aromatic N) is 3. The van der Waals surface area contributed by atoms with E-state index < -0.39 is 11.7 Å². The van der Waals surface area contributed by atoms with E-state index in [1.165, 1.54) is 0 Å². The van der Waals surface area contributed by atoms with Crippen LogP contribution in [0.2, 0.25) is 0 Å². The Bertz CT molecular complexity index is 546. The molecule has 22 heavy (non-hydrogen) atoms. The highest BCUT2D eigenvalue weighted by Gasteiger charge is 2.32. The molecule has 0 bridgehead atoms. The maximum absolute atomic E-state index is 12.6. The smallest absolute Gasteiger partial charge is 0.417 e. The lowest BCUT2D eigenvalue weighted by Crippen LogP contribution is -2.49. The highest BCUT2D eigenvalue weighted by Crippen LogP contribution is 2.33. The topological polar surface area (TPSA) is 45.7 Å². The molecule has 0 saturated carbocycles. The number of ether oxygens (including phenoxy) is 1. The molecule has 5 nitrogen and oxygen atoms in total. The van der Waals surface area contributed by atoms with Gasteiger partial charge in [0.15, 0.2) is 0 Å². The number of aromatic nitrogens is 1. The van der Waals surface area contributed by atoms with E-state index in [9.17, 15) is 18.0 Å². The number of rotatable bonds is 2. The Labute approximate surface area is 134 Å². The second-order valence-corrected chi connectivity index (χ2v) is 5.55. The van der Waals surface area contributed by atoms with Crippen molar-refractivity contribution in [3.05, 3.63) is 22.3 Å². The minimum atomic E-state index is -4.42. The second kappa shape index (κ2) is 6.72. The summed E-state index contributed by atoms with van der Waals surface area (Å²) in [7, 11) is 0. The summed E-state index contributed by atoms with van der Waals surface area (Å²) in [6, 6.07) is 1.01. The number of anilines is 1. The van der Waals surface area contributed by atoms with Gasteiger partial charge in [-0.1, -0.05) is 0 Å². The largest absolute Gasteiger partial charge is 0.450 e. The van der Waals surface area contributed by atoms with Crippen LogP contribution in [0.4, 0.5) is 23.8 Å². The molecule has 1 aliphatic heterocycles. The van der Waals surface area contributed by atoms with Crippen molar-refractivity contribution in [2.75, 3.05) is 37.7 Å². The summed E-state index contributed by atoms with van der Waals surface area (Å²) in [5.41, 5.74) is -0.798. The SMILES string of the molecule is CCOC(=O)N1CCN(c2ncc(C(F)(F)F)cc2Br)CC1. The number of halogens is 4. The highest BCUT2D eigenvalue weighted by molar-refractivity contribution is 9.10. The molecule has 1 saturated heterocycles. The summed E-state index contributed by atoms with van der Waals surface area (Å²) in [5.74, 6) is 0.441. The zero-order valence-electron chi connectivity index (χ0n) is 11.9. The predicted molar refractivity (Wildman–Crippen MR) is 77.7 cm³/mol. The quantitative estimate of drug-likeness (QED) is 0.789. The van der Waals surface area contributed by atoms with Gasteiger partial charge in [-0.2, -0.15) is 13.2 Å². The summed E-state index contributed by atoms with van der Waals surface area (Å²) in [4.78, 5) is 18.9. The molecule has 2 heterocycles. The molecule has 0 aliphatic carbocycles. The Morgan fingerprint density at radius 3 is 2.50 bits per heavy atom. The van der Waals surface area contributed by atoms with Crippen LogP contribution in [-0.2, 0) is 10.9 Å². The zero-order valence-corrected chi connectivity index (χ0v) is 13.4. The Hall–Kier alpha value is -1.51. The fraction of sp³-hybridized carbons (Fsp3) is 0.538. The fourth-order valence-corrected chi connectivity index (χ4v) is 2.73. The van der Waals surface area contributed by atoms with Crippen LogP contribution in [0.25, 0.3) is 0 Å². The van der Waals surface area contributed by atoms with E-state index in [-0.39, 0.29) is 10.6 Å². The fourth-order valence-electron chi connectivity index (χ4n) is 2.13. The molecule has 0 aromatic carbocycles. The monoisotopic (exact) mass is 381 g/mol. The summed E-state index contributed by atoms with van der Waals surface area (Å²) >= 11 is 3.13. The number of hydrogen-bond acceptors (Lipinski definition) is 4. The van der Waals surface area contributed by atoms with Crippen molar-refractivity contribution < 1.29 is 22.7 Å². The molecule has 1 aromatic rings. The number of amides is 1. The first-order chi connectivity index (χ1) is 10.3. The van der Waals surface area contributed by atoms with Crippen LogP contribution in [0.15, 0.2) is 16.7 Å². The van der Waals surface area contributed by atoms with Gasteiger partial charge in [-0.15, -0.1) is 0 Å². The molecule has 122 valence electrons. The molecule has 1 fully saturated rings. The average Bonchev–Trinajstić information content (AvgIpc) is 2.46. The number of carbonyl (C=O) groups excluding carboxylic acids is 1. The van der Waals surface area contributed by atoms with E-state index in [0.29, 0.717) is 38.6 Å². The normalized spacial score (nSPS) is 15.9. The molecular weight excluding hydrogens is 367 g/mol. The molecule has 1 aliphatic rings. The molecule has 1 amide bonds. The third kappa shape index (κ3) is 3.82. The van der Waals surface area contributed by atoms with E-state index in [1.54, 1.807) is 11.8 Å². The van der Waals surface area contributed by atoms with Crippen molar-refractivity contribution in [1.29, 1.82) is 0 Å². The van der Waals surface area contributed by atoms with Crippen molar-refractivity contribution in [3.8, 4) is 0 Å². The van der Waals surface area contributed by atoms with E-state index in [2.05, 4.69) is 20.9 Å². The summed E-state index contributed by atoms with van der Waals surface area (Å²) in [5, 5.41) is 0. The lowest BCUT2D eigenvalue weighted by atomic mass is 10.2. The van der Waals surface area contributed by atoms with Crippen LogP contribution in [-0.4, -0.2) is 48.8 Å².